The summed E-state index contributed by atoms with van der Waals surface area (Å²) in [5, 5.41) is 11.2. The van der Waals surface area contributed by atoms with Crippen LogP contribution in [-0.4, -0.2) is 19.1 Å². The molecular formula is C28H25N5O. The number of nitrogens with zero attached hydrogens (tertiary/aromatic N) is 5. The largest absolute Gasteiger partial charge is 0.329 e. The van der Waals surface area contributed by atoms with Crippen LogP contribution in [0.3, 0.4) is 0 Å². The smallest absolute Gasteiger partial charge is 0.286 e. The van der Waals surface area contributed by atoms with Crippen molar-refractivity contribution in [2.45, 2.75) is 39.3 Å². The lowest BCUT2D eigenvalue weighted by molar-refractivity contribution is 0.338. The third kappa shape index (κ3) is 3.46. The minimum absolute atomic E-state index is 0.0492. The lowest BCUT2D eigenvalue weighted by atomic mass is 9.98. The molecule has 0 N–H and O–H groups in total. The number of benzene rings is 2. The van der Waals surface area contributed by atoms with Crippen molar-refractivity contribution in [3.8, 4) is 17.2 Å². The molecule has 0 aliphatic carbocycles. The highest BCUT2D eigenvalue weighted by molar-refractivity contribution is 5.97. The van der Waals surface area contributed by atoms with Gasteiger partial charge in [-0.2, -0.15) is 5.26 Å². The van der Waals surface area contributed by atoms with Gasteiger partial charge in [-0.15, -0.1) is 0 Å². The van der Waals surface area contributed by atoms with Crippen molar-refractivity contribution in [1.29, 1.82) is 5.26 Å². The maximum Gasteiger partial charge on any atom is 0.329 e. The molecular weight excluding hydrogens is 422 g/mol. The number of imidazole rings is 1. The van der Waals surface area contributed by atoms with Gasteiger partial charge in [0.25, 0.3) is 0 Å². The molecule has 3 aromatic heterocycles. The van der Waals surface area contributed by atoms with Crippen LogP contribution < -0.4 is 5.69 Å². The number of rotatable bonds is 5. The van der Waals surface area contributed by atoms with Crippen LogP contribution in [0.5, 0.6) is 0 Å². The zero-order valence-corrected chi connectivity index (χ0v) is 19.5. The Morgan fingerprint density at radius 2 is 1.68 bits per heavy atom. The fourth-order valence-electron chi connectivity index (χ4n) is 4.51. The number of fused-ring (bicyclic) bond motifs is 2. The van der Waals surface area contributed by atoms with Crippen molar-refractivity contribution < 1.29 is 0 Å². The van der Waals surface area contributed by atoms with E-state index in [1.807, 2.05) is 63.9 Å². The maximum absolute atomic E-state index is 13.7. The van der Waals surface area contributed by atoms with Gasteiger partial charge < -0.3 is 0 Å². The van der Waals surface area contributed by atoms with E-state index in [0.717, 1.165) is 45.0 Å². The molecule has 6 nitrogen and oxygen atoms in total. The molecule has 0 saturated heterocycles. The highest BCUT2D eigenvalue weighted by atomic mass is 16.1. The first kappa shape index (κ1) is 21.6. The molecule has 0 saturated carbocycles. The number of hydrogen-bond donors (Lipinski definition) is 0. The molecule has 34 heavy (non-hydrogen) atoms. The van der Waals surface area contributed by atoms with Crippen molar-refractivity contribution in [3.05, 3.63) is 94.9 Å². The van der Waals surface area contributed by atoms with E-state index in [1.54, 1.807) is 12.3 Å². The van der Waals surface area contributed by atoms with E-state index in [2.05, 4.69) is 37.9 Å². The molecule has 2 aromatic carbocycles. The van der Waals surface area contributed by atoms with Gasteiger partial charge >= 0.3 is 5.69 Å². The second kappa shape index (κ2) is 8.27. The molecule has 168 valence electrons. The standard InChI is InChI=1S/C28H25N5O/c1-4-28(2,3)33-25-12-8-7-11-24(25)32(27(33)34)18-23-26(20-13-14-21(15-29)30-17-20)22-10-6-5-9-19(22)16-31-23/h5-14,16-17H,4,18H2,1-3H3. The number of aromatic nitrogens is 4. The quantitative estimate of drug-likeness (QED) is 0.358. The Bertz CT molecular complexity index is 1620. The Morgan fingerprint density at radius 1 is 0.941 bits per heavy atom. The first-order valence-corrected chi connectivity index (χ1v) is 11.4. The van der Waals surface area contributed by atoms with Crippen molar-refractivity contribution in [2.75, 3.05) is 0 Å². The molecule has 6 heteroatoms. The highest BCUT2D eigenvalue weighted by Crippen LogP contribution is 2.32. The maximum atomic E-state index is 13.7. The normalized spacial score (nSPS) is 11.7. The number of nitriles is 1. The topological polar surface area (TPSA) is 76.5 Å². The number of para-hydroxylation sites is 2. The minimum atomic E-state index is -0.321. The molecule has 0 atom stereocenters. The molecule has 0 spiro atoms. The van der Waals surface area contributed by atoms with E-state index in [-0.39, 0.29) is 11.2 Å². The van der Waals surface area contributed by atoms with Crippen LogP contribution >= 0.6 is 0 Å². The first-order valence-electron chi connectivity index (χ1n) is 11.4. The van der Waals surface area contributed by atoms with Gasteiger partial charge in [-0.05, 0) is 49.9 Å². The molecule has 0 unspecified atom stereocenters. The van der Waals surface area contributed by atoms with Crippen molar-refractivity contribution in [1.82, 2.24) is 19.1 Å². The first-order chi connectivity index (χ1) is 16.4. The molecule has 5 aromatic rings. The lowest BCUT2D eigenvalue weighted by Gasteiger charge is -2.24. The molecule has 3 heterocycles. The van der Waals surface area contributed by atoms with Gasteiger partial charge in [0, 0.05) is 34.4 Å². The highest BCUT2D eigenvalue weighted by Gasteiger charge is 2.26. The Morgan fingerprint density at radius 3 is 2.38 bits per heavy atom. The summed E-state index contributed by atoms with van der Waals surface area (Å²) in [4.78, 5) is 22.8. The fraction of sp³-hybridized carbons (Fsp3) is 0.214. The van der Waals surface area contributed by atoms with Crippen LogP contribution in [0.15, 0.2) is 77.9 Å². The average molecular weight is 448 g/mol. The van der Waals surface area contributed by atoms with E-state index >= 15 is 0 Å². The number of hydrogen-bond acceptors (Lipinski definition) is 4. The van der Waals surface area contributed by atoms with Crippen molar-refractivity contribution in [3.63, 3.8) is 0 Å². The SMILES string of the molecule is CCC(C)(C)n1c(=O)n(Cc2ncc3ccccc3c2-c2ccc(C#N)nc2)c2ccccc21. The van der Waals surface area contributed by atoms with Crippen LogP contribution in [0, 0.1) is 11.3 Å². The second-order valence-electron chi connectivity index (χ2n) is 9.07. The van der Waals surface area contributed by atoms with Crippen LogP contribution in [0.25, 0.3) is 32.9 Å². The van der Waals surface area contributed by atoms with Crippen LogP contribution in [0.2, 0.25) is 0 Å². The van der Waals surface area contributed by atoms with E-state index in [1.165, 1.54) is 0 Å². The zero-order chi connectivity index (χ0) is 23.9. The molecule has 0 fully saturated rings. The van der Waals surface area contributed by atoms with Gasteiger partial charge in [0.2, 0.25) is 0 Å². The van der Waals surface area contributed by atoms with Gasteiger partial charge in [0.05, 0.1) is 23.3 Å². The molecule has 0 aliphatic heterocycles. The van der Waals surface area contributed by atoms with Gasteiger partial charge in [-0.25, -0.2) is 9.78 Å². The Hall–Kier alpha value is -4.24. The van der Waals surface area contributed by atoms with E-state index in [9.17, 15) is 10.1 Å². The summed E-state index contributed by atoms with van der Waals surface area (Å²) in [6, 6.07) is 21.7. The average Bonchev–Trinajstić information content (AvgIpc) is 3.15. The van der Waals surface area contributed by atoms with E-state index < -0.39 is 0 Å². The van der Waals surface area contributed by atoms with Crippen LogP contribution in [-0.2, 0) is 12.1 Å². The summed E-state index contributed by atoms with van der Waals surface area (Å²) >= 11 is 0. The minimum Gasteiger partial charge on any atom is -0.286 e. The summed E-state index contributed by atoms with van der Waals surface area (Å²) < 4.78 is 3.71. The third-order valence-corrected chi connectivity index (χ3v) is 6.66. The summed E-state index contributed by atoms with van der Waals surface area (Å²) in [6.45, 7) is 6.60. The van der Waals surface area contributed by atoms with E-state index in [0.29, 0.717) is 12.2 Å². The summed E-state index contributed by atoms with van der Waals surface area (Å²) in [7, 11) is 0. The fourth-order valence-corrected chi connectivity index (χ4v) is 4.51. The Balaban J connectivity index is 1.76. The van der Waals surface area contributed by atoms with Crippen LogP contribution in [0.1, 0.15) is 38.6 Å². The molecule has 5 rings (SSSR count). The third-order valence-electron chi connectivity index (χ3n) is 6.66. The summed E-state index contributed by atoms with van der Waals surface area (Å²) in [6.07, 6.45) is 4.39. The van der Waals surface area contributed by atoms with Crippen molar-refractivity contribution in [2.24, 2.45) is 0 Å². The van der Waals surface area contributed by atoms with Gasteiger partial charge in [-0.1, -0.05) is 43.3 Å². The zero-order valence-electron chi connectivity index (χ0n) is 19.5. The van der Waals surface area contributed by atoms with Crippen LogP contribution in [0.4, 0.5) is 0 Å². The predicted octanol–water partition coefficient (Wildman–Crippen LogP) is 5.48. The summed E-state index contributed by atoms with van der Waals surface area (Å²) in [5.74, 6) is 0. The van der Waals surface area contributed by atoms with Crippen molar-refractivity contribution >= 4 is 21.8 Å². The second-order valence-corrected chi connectivity index (χ2v) is 9.07. The van der Waals surface area contributed by atoms with E-state index in [4.69, 9.17) is 4.98 Å². The Kier molecular flexibility index (Phi) is 5.25. The molecule has 0 amide bonds. The predicted molar refractivity (Wildman–Crippen MR) is 135 cm³/mol. The molecule has 0 bridgehead atoms. The monoisotopic (exact) mass is 447 g/mol. The molecule has 0 aliphatic rings. The Labute approximate surface area is 197 Å². The van der Waals surface area contributed by atoms with Gasteiger partial charge in [0.1, 0.15) is 11.8 Å². The van der Waals surface area contributed by atoms with Gasteiger partial charge in [-0.3, -0.25) is 14.1 Å². The number of pyridine rings is 2. The summed E-state index contributed by atoms with van der Waals surface area (Å²) in [5.41, 5.74) is 4.36. The van der Waals surface area contributed by atoms with Gasteiger partial charge in [0.15, 0.2) is 0 Å². The molecule has 0 radical (unpaired) electrons. The lowest BCUT2D eigenvalue weighted by Crippen LogP contribution is -2.36.